The summed E-state index contributed by atoms with van der Waals surface area (Å²) in [5.74, 6) is 0. The Labute approximate surface area is 77.0 Å². The van der Waals surface area contributed by atoms with Gasteiger partial charge >= 0.3 is 6.16 Å². The van der Waals surface area contributed by atoms with Crippen LogP contribution in [0.1, 0.15) is 12.0 Å². The van der Waals surface area contributed by atoms with Crippen molar-refractivity contribution in [1.82, 2.24) is 0 Å². The highest BCUT2D eigenvalue weighted by atomic mass is 16.7. The fraction of sp³-hybridized carbons (Fsp3) is 0.300. The van der Waals surface area contributed by atoms with Gasteiger partial charge in [-0.2, -0.15) is 0 Å². The van der Waals surface area contributed by atoms with Gasteiger partial charge in [0.05, 0.1) is 6.61 Å². The average molecular weight is 180 g/mol. The van der Waals surface area contributed by atoms with E-state index in [2.05, 4.69) is 4.74 Å². The molecule has 0 saturated carbocycles. The first kappa shape index (κ1) is 9.58. The van der Waals surface area contributed by atoms with E-state index in [1.165, 1.54) is 5.56 Å². The molecule has 0 amide bonds. The van der Waals surface area contributed by atoms with Gasteiger partial charge in [0.1, 0.15) is 0 Å². The van der Waals surface area contributed by atoms with E-state index in [9.17, 15) is 4.79 Å². The van der Waals surface area contributed by atoms with Crippen molar-refractivity contribution in [2.45, 2.75) is 12.8 Å². The van der Waals surface area contributed by atoms with Gasteiger partial charge in [-0.1, -0.05) is 30.3 Å². The van der Waals surface area contributed by atoms with Gasteiger partial charge in [-0.05, 0) is 18.4 Å². The Morgan fingerprint density at radius 1 is 1.31 bits per heavy atom. The summed E-state index contributed by atoms with van der Waals surface area (Å²) in [7, 11) is 0. The molecular weight excluding hydrogens is 168 g/mol. The zero-order valence-electron chi connectivity index (χ0n) is 7.27. The Hall–Kier alpha value is -1.51. The fourth-order valence-corrected chi connectivity index (χ4v) is 1.08. The second kappa shape index (κ2) is 5.19. The minimum Gasteiger partial charge on any atom is -0.450 e. The molecule has 0 spiro atoms. The molecule has 0 radical (unpaired) electrons. The largest absolute Gasteiger partial charge is 0.505 e. The Morgan fingerprint density at radius 2 is 2.00 bits per heavy atom. The maximum absolute atomic E-state index is 9.99. The molecule has 0 atom stereocenters. The zero-order valence-corrected chi connectivity index (χ0v) is 7.27. The van der Waals surface area contributed by atoms with E-state index in [0.29, 0.717) is 0 Å². The quantitative estimate of drug-likeness (QED) is 0.571. The van der Waals surface area contributed by atoms with Crippen molar-refractivity contribution in [3.63, 3.8) is 0 Å². The van der Waals surface area contributed by atoms with Gasteiger partial charge in [-0.15, -0.1) is 0 Å². The van der Waals surface area contributed by atoms with Crippen molar-refractivity contribution >= 4 is 6.16 Å². The van der Waals surface area contributed by atoms with Crippen molar-refractivity contribution < 1.29 is 14.6 Å². The maximum atomic E-state index is 9.99. The topological polar surface area (TPSA) is 46.5 Å². The van der Waals surface area contributed by atoms with E-state index >= 15 is 0 Å². The molecule has 0 aliphatic heterocycles. The zero-order chi connectivity index (χ0) is 9.52. The fourth-order valence-electron chi connectivity index (χ4n) is 1.08. The van der Waals surface area contributed by atoms with Gasteiger partial charge < -0.3 is 9.84 Å². The van der Waals surface area contributed by atoms with Gasteiger partial charge in [-0.25, -0.2) is 4.79 Å². The molecule has 1 N–H and O–H groups in total. The van der Waals surface area contributed by atoms with Crippen LogP contribution in [0.2, 0.25) is 0 Å². The lowest BCUT2D eigenvalue weighted by atomic mass is 10.1. The van der Waals surface area contributed by atoms with Crippen molar-refractivity contribution in [2.24, 2.45) is 0 Å². The molecule has 3 nitrogen and oxygen atoms in total. The van der Waals surface area contributed by atoms with Crippen LogP contribution in [0.4, 0.5) is 4.79 Å². The van der Waals surface area contributed by atoms with Crippen LogP contribution < -0.4 is 0 Å². The smallest absolute Gasteiger partial charge is 0.450 e. The Balaban J connectivity index is 2.17. The molecule has 0 aliphatic rings. The predicted molar refractivity (Wildman–Crippen MR) is 48.7 cm³/mol. The van der Waals surface area contributed by atoms with E-state index in [0.717, 1.165) is 12.8 Å². The molecule has 0 bridgehead atoms. The molecule has 0 heterocycles. The summed E-state index contributed by atoms with van der Waals surface area (Å²) in [5.41, 5.74) is 1.21. The minimum atomic E-state index is -1.20. The number of carboxylic acid groups (broad SMARTS) is 1. The molecule has 0 fully saturated rings. The van der Waals surface area contributed by atoms with Crippen LogP contribution in [-0.4, -0.2) is 17.9 Å². The highest BCUT2D eigenvalue weighted by molar-refractivity contribution is 5.56. The van der Waals surface area contributed by atoms with E-state index in [1.807, 2.05) is 30.3 Å². The second-order valence-corrected chi connectivity index (χ2v) is 2.70. The molecule has 3 heteroatoms. The predicted octanol–water partition coefficient (Wildman–Crippen LogP) is 2.31. The van der Waals surface area contributed by atoms with Gasteiger partial charge in [0.2, 0.25) is 0 Å². The highest BCUT2D eigenvalue weighted by Crippen LogP contribution is 2.02. The minimum absolute atomic E-state index is 0.268. The molecular formula is C10H12O3. The molecule has 0 saturated heterocycles. The number of benzene rings is 1. The van der Waals surface area contributed by atoms with Crippen LogP contribution in [0.5, 0.6) is 0 Å². The maximum Gasteiger partial charge on any atom is 0.505 e. The third-order valence-electron chi connectivity index (χ3n) is 1.68. The number of carbonyl (C=O) groups is 1. The lowest BCUT2D eigenvalue weighted by molar-refractivity contribution is 0.0907. The standard InChI is InChI=1S/C10H12O3/c11-10(12)13-8-4-7-9-5-2-1-3-6-9/h1-3,5-6H,4,7-8H2,(H,11,12). The molecule has 1 rings (SSSR count). The normalized spacial score (nSPS) is 9.54. The Morgan fingerprint density at radius 3 is 2.62 bits per heavy atom. The molecule has 0 aromatic heterocycles. The third-order valence-corrected chi connectivity index (χ3v) is 1.68. The van der Waals surface area contributed by atoms with Gasteiger partial charge in [-0.3, -0.25) is 0 Å². The van der Waals surface area contributed by atoms with Crippen LogP contribution in [0.25, 0.3) is 0 Å². The summed E-state index contributed by atoms with van der Waals surface area (Å²) in [5, 5.41) is 8.19. The SMILES string of the molecule is O=C(O)OCCCc1ccccc1. The first-order valence-electron chi connectivity index (χ1n) is 4.18. The molecule has 1 aromatic carbocycles. The molecule has 70 valence electrons. The van der Waals surface area contributed by atoms with Crippen LogP contribution in [0.3, 0.4) is 0 Å². The van der Waals surface area contributed by atoms with Crippen LogP contribution >= 0.6 is 0 Å². The number of aryl methyl sites for hydroxylation is 1. The molecule has 13 heavy (non-hydrogen) atoms. The van der Waals surface area contributed by atoms with Crippen LogP contribution in [-0.2, 0) is 11.2 Å². The Kier molecular flexibility index (Phi) is 3.82. The van der Waals surface area contributed by atoms with E-state index in [4.69, 9.17) is 5.11 Å². The monoisotopic (exact) mass is 180 g/mol. The van der Waals surface area contributed by atoms with E-state index in [1.54, 1.807) is 0 Å². The van der Waals surface area contributed by atoms with Crippen molar-refractivity contribution in [2.75, 3.05) is 6.61 Å². The third kappa shape index (κ3) is 4.15. The highest BCUT2D eigenvalue weighted by Gasteiger charge is 1.96. The molecule has 1 aromatic rings. The molecule has 0 aliphatic carbocycles. The number of hydrogen-bond donors (Lipinski definition) is 1. The first-order valence-corrected chi connectivity index (χ1v) is 4.18. The van der Waals surface area contributed by atoms with Gasteiger partial charge in [0.25, 0.3) is 0 Å². The lowest BCUT2D eigenvalue weighted by Gasteiger charge is -2.00. The van der Waals surface area contributed by atoms with Gasteiger partial charge in [0.15, 0.2) is 0 Å². The summed E-state index contributed by atoms with van der Waals surface area (Å²) in [6.45, 7) is 0.268. The van der Waals surface area contributed by atoms with Crippen molar-refractivity contribution in [3.05, 3.63) is 35.9 Å². The van der Waals surface area contributed by atoms with Crippen LogP contribution in [0, 0.1) is 0 Å². The number of rotatable bonds is 4. The average Bonchev–Trinajstić information content (AvgIpc) is 2.14. The van der Waals surface area contributed by atoms with Crippen molar-refractivity contribution in [3.8, 4) is 0 Å². The van der Waals surface area contributed by atoms with Gasteiger partial charge in [0, 0.05) is 0 Å². The van der Waals surface area contributed by atoms with Crippen molar-refractivity contribution in [1.29, 1.82) is 0 Å². The summed E-state index contributed by atoms with van der Waals surface area (Å²) in [4.78, 5) is 9.99. The van der Waals surface area contributed by atoms with Crippen LogP contribution in [0.15, 0.2) is 30.3 Å². The molecule has 0 unspecified atom stereocenters. The lowest BCUT2D eigenvalue weighted by Crippen LogP contribution is -2.02. The van der Waals surface area contributed by atoms with E-state index < -0.39 is 6.16 Å². The summed E-state index contributed by atoms with van der Waals surface area (Å²) in [6, 6.07) is 9.92. The summed E-state index contributed by atoms with van der Waals surface area (Å²) in [6.07, 6.45) is 0.387. The number of hydrogen-bond acceptors (Lipinski definition) is 2. The summed E-state index contributed by atoms with van der Waals surface area (Å²) < 4.78 is 4.38. The number of ether oxygens (including phenoxy) is 1. The summed E-state index contributed by atoms with van der Waals surface area (Å²) >= 11 is 0. The first-order chi connectivity index (χ1) is 6.29. The second-order valence-electron chi connectivity index (χ2n) is 2.70. The Bertz CT molecular complexity index is 256. The van der Waals surface area contributed by atoms with E-state index in [-0.39, 0.29) is 6.61 Å².